The molecule has 0 saturated carbocycles. The minimum Gasteiger partial charge on any atom is -0.381 e. The third-order valence-electron chi connectivity index (χ3n) is 11.2. The van der Waals surface area contributed by atoms with Crippen molar-refractivity contribution < 1.29 is 18.7 Å². The van der Waals surface area contributed by atoms with Gasteiger partial charge in [-0.05, 0) is 105 Å². The second kappa shape index (κ2) is 13.4. The Morgan fingerprint density at radius 2 is 1.69 bits per heavy atom. The van der Waals surface area contributed by atoms with Crippen LogP contribution in [-0.2, 0) is 11.2 Å². The number of halogens is 1. The molecule has 52 heavy (non-hydrogen) atoms. The van der Waals surface area contributed by atoms with Gasteiger partial charge in [0.1, 0.15) is 11.5 Å². The molecule has 2 saturated heterocycles. The van der Waals surface area contributed by atoms with Gasteiger partial charge in [0.2, 0.25) is 5.95 Å². The number of nitrogens with one attached hydrogen (secondary N) is 1. The van der Waals surface area contributed by atoms with Gasteiger partial charge in [-0.3, -0.25) is 14.5 Å². The standard InChI is InChI=1S/C41H43FN6O4/c1-24-20-32(21-25(2)36(24)42)48-38(49)33-12-15-45(39(50)35-23-31-22-30(10-11-34(31)43-35)29-13-18-52-19-14-29)27(4)37(33)44-40(48)47-17-16-46(41(47)51)26(3)28-8-6-5-7-9-28/h5-11,20-23,26-27,29,43H,12-19H2,1-4H3/t26-,27-/m1/s1. The summed E-state index contributed by atoms with van der Waals surface area (Å²) in [6, 6.07) is 20.3. The average Bonchev–Trinajstić information content (AvgIpc) is 3.77. The van der Waals surface area contributed by atoms with Gasteiger partial charge < -0.3 is 19.5 Å². The van der Waals surface area contributed by atoms with E-state index >= 15 is 0 Å². The summed E-state index contributed by atoms with van der Waals surface area (Å²) >= 11 is 0. The van der Waals surface area contributed by atoms with Crippen LogP contribution in [0.1, 0.15) is 88.7 Å². The third kappa shape index (κ3) is 5.77. The van der Waals surface area contributed by atoms with Gasteiger partial charge in [0.05, 0.1) is 23.5 Å². The van der Waals surface area contributed by atoms with Crippen LogP contribution in [0.3, 0.4) is 0 Å². The Morgan fingerprint density at radius 3 is 2.42 bits per heavy atom. The predicted octanol–water partition coefficient (Wildman–Crippen LogP) is 7.13. The lowest BCUT2D eigenvalue weighted by atomic mass is 9.91. The van der Waals surface area contributed by atoms with E-state index in [4.69, 9.17) is 9.72 Å². The molecule has 3 amide bonds. The first-order chi connectivity index (χ1) is 25.1. The first-order valence-corrected chi connectivity index (χ1v) is 18.2. The molecule has 11 heteroatoms. The molecule has 0 aliphatic carbocycles. The smallest absolute Gasteiger partial charge is 0.327 e. The lowest BCUT2D eigenvalue weighted by Crippen LogP contribution is -2.44. The van der Waals surface area contributed by atoms with Crippen LogP contribution in [-0.4, -0.2) is 69.1 Å². The molecule has 0 bridgehead atoms. The van der Waals surface area contributed by atoms with Crippen LogP contribution in [0.2, 0.25) is 0 Å². The maximum atomic E-state index is 14.8. The Kier molecular flexibility index (Phi) is 8.69. The van der Waals surface area contributed by atoms with Crippen molar-refractivity contribution >= 4 is 28.8 Å². The van der Waals surface area contributed by atoms with Crippen LogP contribution in [0.5, 0.6) is 0 Å². The van der Waals surface area contributed by atoms with Crippen molar-refractivity contribution in [1.29, 1.82) is 0 Å². The van der Waals surface area contributed by atoms with Gasteiger partial charge in [0.15, 0.2) is 0 Å². The molecule has 1 N–H and O–H groups in total. The number of ether oxygens (including phenoxy) is 1. The first-order valence-electron chi connectivity index (χ1n) is 18.2. The highest BCUT2D eigenvalue weighted by molar-refractivity contribution is 5.98. The van der Waals surface area contributed by atoms with Gasteiger partial charge in [0, 0.05) is 49.3 Å². The van der Waals surface area contributed by atoms with Crippen molar-refractivity contribution in [2.24, 2.45) is 0 Å². The van der Waals surface area contributed by atoms with Crippen LogP contribution in [0, 0.1) is 19.7 Å². The SMILES string of the molecule is Cc1cc(-n2c(N3CCN([C@H](C)c4ccccc4)C3=O)nc3c(c2=O)CCN(C(=O)c2cc4cc(C5CCOCC5)ccc4[nH]2)[C@@H]3C)cc(C)c1F. The van der Waals surface area contributed by atoms with Crippen LogP contribution < -0.4 is 10.5 Å². The number of carbonyl (C=O) groups excluding carboxylic acids is 2. The van der Waals surface area contributed by atoms with Crippen LogP contribution in [0.15, 0.2) is 71.5 Å². The number of hydrogen-bond donors (Lipinski definition) is 1. The fraction of sp³-hybridized carbons (Fsp3) is 0.366. The number of fused-ring (bicyclic) bond motifs is 2. The van der Waals surface area contributed by atoms with Gasteiger partial charge in [0.25, 0.3) is 11.5 Å². The number of amides is 3. The van der Waals surface area contributed by atoms with Crippen molar-refractivity contribution in [3.63, 3.8) is 0 Å². The quantitative estimate of drug-likeness (QED) is 0.203. The molecular formula is C41H43FN6O4. The topological polar surface area (TPSA) is 104 Å². The van der Waals surface area contributed by atoms with E-state index in [0.717, 1.165) is 42.5 Å². The molecule has 0 unspecified atom stereocenters. The highest BCUT2D eigenvalue weighted by Gasteiger charge is 2.39. The van der Waals surface area contributed by atoms with E-state index in [1.807, 2.05) is 56.3 Å². The van der Waals surface area contributed by atoms with Gasteiger partial charge in [-0.2, -0.15) is 0 Å². The van der Waals surface area contributed by atoms with E-state index in [1.165, 1.54) is 15.0 Å². The zero-order valence-corrected chi connectivity index (χ0v) is 30.0. The summed E-state index contributed by atoms with van der Waals surface area (Å²) < 4.78 is 21.8. The molecule has 3 aliphatic heterocycles. The minimum atomic E-state index is -0.546. The number of aryl methyl sites for hydroxylation is 2. The zero-order chi connectivity index (χ0) is 36.3. The largest absolute Gasteiger partial charge is 0.381 e. The number of aromatic amines is 1. The molecule has 0 radical (unpaired) electrons. The summed E-state index contributed by atoms with van der Waals surface area (Å²) in [4.78, 5) is 56.4. The van der Waals surface area contributed by atoms with Crippen molar-refractivity contribution in [2.75, 3.05) is 37.7 Å². The summed E-state index contributed by atoms with van der Waals surface area (Å²) in [6.45, 7) is 9.76. The predicted molar refractivity (Wildman–Crippen MR) is 198 cm³/mol. The van der Waals surface area contributed by atoms with E-state index in [0.29, 0.717) is 59.3 Å². The number of H-pyrrole nitrogens is 1. The zero-order valence-electron chi connectivity index (χ0n) is 30.0. The van der Waals surface area contributed by atoms with Crippen molar-refractivity contribution in [2.45, 2.75) is 65.0 Å². The van der Waals surface area contributed by atoms with Crippen molar-refractivity contribution in [1.82, 2.24) is 24.3 Å². The van der Waals surface area contributed by atoms with Gasteiger partial charge in [-0.1, -0.05) is 36.4 Å². The Morgan fingerprint density at radius 1 is 0.962 bits per heavy atom. The second-order valence-electron chi connectivity index (χ2n) is 14.4. The summed E-state index contributed by atoms with van der Waals surface area (Å²) in [5, 5.41) is 0.979. The van der Waals surface area contributed by atoms with Crippen LogP contribution in [0.4, 0.5) is 15.1 Å². The molecule has 268 valence electrons. The monoisotopic (exact) mass is 702 g/mol. The van der Waals surface area contributed by atoms with Crippen molar-refractivity contribution in [3.05, 3.63) is 122 Å². The molecular weight excluding hydrogens is 659 g/mol. The van der Waals surface area contributed by atoms with Gasteiger partial charge in [-0.15, -0.1) is 0 Å². The number of rotatable bonds is 6. The normalized spacial score (nSPS) is 18.7. The van der Waals surface area contributed by atoms with Gasteiger partial charge in [-0.25, -0.2) is 18.7 Å². The third-order valence-corrected chi connectivity index (χ3v) is 11.2. The molecule has 2 aromatic heterocycles. The van der Waals surface area contributed by atoms with Gasteiger partial charge >= 0.3 is 6.03 Å². The number of urea groups is 1. The maximum absolute atomic E-state index is 14.8. The Balaban J connectivity index is 1.16. The molecule has 2 fully saturated rings. The molecule has 3 aromatic carbocycles. The van der Waals surface area contributed by atoms with Crippen molar-refractivity contribution in [3.8, 4) is 5.69 Å². The maximum Gasteiger partial charge on any atom is 0.327 e. The van der Waals surface area contributed by atoms with E-state index in [2.05, 4.69) is 17.1 Å². The summed E-state index contributed by atoms with van der Waals surface area (Å²) in [5.74, 6) is 0.0756. The summed E-state index contributed by atoms with van der Waals surface area (Å²) in [6.07, 6.45) is 2.25. The first kappa shape index (κ1) is 33.8. The highest BCUT2D eigenvalue weighted by Crippen LogP contribution is 2.35. The summed E-state index contributed by atoms with van der Waals surface area (Å²) in [7, 11) is 0. The number of benzene rings is 3. The Labute approximate surface area is 301 Å². The fourth-order valence-electron chi connectivity index (χ4n) is 8.17. The van der Waals surface area contributed by atoms with E-state index < -0.39 is 6.04 Å². The number of nitrogens with zero attached hydrogens (tertiary/aromatic N) is 5. The molecule has 5 heterocycles. The Bertz CT molecular complexity index is 2240. The highest BCUT2D eigenvalue weighted by atomic mass is 19.1. The molecule has 3 aliphatic rings. The van der Waals surface area contributed by atoms with Crippen LogP contribution >= 0.6 is 0 Å². The van der Waals surface area contributed by atoms with E-state index in [1.54, 1.807) is 35.8 Å². The number of hydrogen-bond acceptors (Lipinski definition) is 5. The fourth-order valence-corrected chi connectivity index (χ4v) is 8.17. The Hall–Kier alpha value is -5.29. The number of aromatic nitrogens is 3. The molecule has 0 spiro atoms. The molecule has 10 nitrogen and oxygen atoms in total. The average molecular weight is 703 g/mol. The number of anilines is 1. The molecule has 2 atom stereocenters. The molecule has 8 rings (SSSR count). The van der Waals surface area contributed by atoms with E-state index in [-0.39, 0.29) is 41.7 Å². The van der Waals surface area contributed by atoms with E-state index in [9.17, 15) is 18.8 Å². The number of carbonyl (C=O) groups is 2. The van der Waals surface area contributed by atoms with Crippen LogP contribution in [0.25, 0.3) is 16.6 Å². The molecule has 5 aromatic rings. The minimum absolute atomic E-state index is 0.161. The lowest BCUT2D eigenvalue weighted by Gasteiger charge is -2.35. The second-order valence-corrected chi connectivity index (χ2v) is 14.4. The lowest BCUT2D eigenvalue weighted by molar-refractivity contribution is 0.0666. The summed E-state index contributed by atoms with van der Waals surface area (Å²) in [5.41, 5.74) is 5.46.